The van der Waals surface area contributed by atoms with E-state index in [0.717, 1.165) is 5.69 Å². The molecule has 2 saturated heterocycles. The predicted octanol–water partition coefficient (Wildman–Crippen LogP) is 1.53. The van der Waals surface area contributed by atoms with Crippen LogP contribution in [-0.2, 0) is 14.8 Å². The van der Waals surface area contributed by atoms with Crippen molar-refractivity contribution >= 4 is 16.1 Å². The zero-order valence-electron chi connectivity index (χ0n) is 14.2. The summed E-state index contributed by atoms with van der Waals surface area (Å²) in [7, 11) is -3.59. The average Bonchev–Trinajstić information content (AvgIpc) is 3.23. The van der Waals surface area contributed by atoms with Crippen LogP contribution in [0.5, 0.6) is 0 Å². The SMILES string of the molecule is O=C1NC[C@]2(CCCN(S(=O)(=O)c3ccc(-n4cccn4)cc3)CC2)O1. The monoisotopic (exact) mass is 376 g/mol. The van der Waals surface area contributed by atoms with Crippen molar-refractivity contribution in [3.63, 3.8) is 0 Å². The van der Waals surface area contributed by atoms with E-state index in [1.165, 1.54) is 4.31 Å². The highest BCUT2D eigenvalue weighted by Gasteiger charge is 2.42. The third-order valence-electron chi connectivity index (χ3n) is 4.96. The molecule has 1 amide bonds. The van der Waals surface area contributed by atoms with E-state index in [-0.39, 0.29) is 4.90 Å². The lowest BCUT2D eigenvalue weighted by Crippen LogP contribution is -2.36. The molecule has 1 aromatic heterocycles. The van der Waals surface area contributed by atoms with E-state index < -0.39 is 21.7 Å². The maximum absolute atomic E-state index is 13.0. The highest BCUT2D eigenvalue weighted by Crippen LogP contribution is 2.31. The maximum atomic E-state index is 13.0. The Morgan fingerprint density at radius 2 is 1.96 bits per heavy atom. The summed E-state index contributed by atoms with van der Waals surface area (Å²) in [5.74, 6) is 0. The highest BCUT2D eigenvalue weighted by atomic mass is 32.2. The second-order valence-corrected chi connectivity index (χ2v) is 8.57. The number of nitrogens with zero attached hydrogens (tertiary/aromatic N) is 3. The van der Waals surface area contributed by atoms with Crippen molar-refractivity contribution < 1.29 is 17.9 Å². The number of carbonyl (C=O) groups is 1. The van der Waals surface area contributed by atoms with Gasteiger partial charge in [0.25, 0.3) is 0 Å². The molecule has 0 bridgehead atoms. The number of amides is 1. The molecular weight excluding hydrogens is 356 g/mol. The first kappa shape index (κ1) is 17.0. The van der Waals surface area contributed by atoms with Gasteiger partial charge in [-0.15, -0.1) is 0 Å². The Hall–Kier alpha value is -2.39. The van der Waals surface area contributed by atoms with Crippen molar-refractivity contribution in [1.29, 1.82) is 0 Å². The molecule has 2 fully saturated rings. The molecule has 4 rings (SSSR count). The second-order valence-electron chi connectivity index (χ2n) is 6.63. The van der Waals surface area contributed by atoms with Gasteiger partial charge in [0.15, 0.2) is 0 Å². The molecule has 3 heterocycles. The summed E-state index contributed by atoms with van der Waals surface area (Å²) < 4.78 is 34.5. The number of nitrogens with one attached hydrogen (secondary N) is 1. The van der Waals surface area contributed by atoms with Crippen molar-refractivity contribution in [1.82, 2.24) is 19.4 Å². The van der Waals surface area contributed by atoms with Gasteiger partial charge < -0.3 is 10.1 Å². The van der Waals surface area contributed by atoms with Crippen molar-refractivity contribution in [2.75, 3.05) is 19.6 Å². The molecule has 8 nitrogen and oxygen atoms in total. The van der Waals surface area contributed by atoms with E-state index in [1.807, 2.05) is 6.07 Å². The van der Waals surface area contributed by atoms with Gasteiger partial charge in [-0.05, 0) is 43.2 Å². The minimum absolute atomic E-state index is 0.255. The molecular formula is C17H20N4O4S. The molecule has 1 aromatic carbocycles. The summed E-state index contributed by atoms with van der Waals surface area (Å²) >= 11 is 0. The smallest absolute Gasteiger partial charge is 0.407 e. The van der Waals surface area contributed by atoms with Gasteiger partial charge >= 0.3 is 6.09 Å². The van der Waals surface area contributed by atoms with Gasteiger partial charge in [0.05, 0.1) is 17.1 Å². The standard InChI is InChI=1S/C17H20N4O4S/c22-16-18-13-17(25-16)7-1-10-20(12-8-17)26(23,24)15-5-3-14(4-6-15)21-11-2-9-19-21/h2-6,9,11H,1,7-8,10,12-13H2,(H,18,22)/t17-/m1/s1. The number of hydrogen-bond donors (Lipinski definition) is 1. The molecule has 2 aliphatic heterocycles. The van der Waals surface area contributed by atoms with E-state index >= 15 is 0 Å². The van der Waals surface area contributed by atoms with Crippen LogP contribution in [-0.4, -0.2) is 53.8 Å². The summed E-state index contributed by atoms with van der Waals surface area (Å²) in [4.78, 5) is 11.6. The molecule has 9 heteroatoms. The van der Waals surface area contributed by atoms with Crippen LogP contribution in [0.15, 0.2) is 47.6 Å². The predicted molar refractivity (Wildman–Crippen MR) is 93.4 cm³/mol. The highest BCUT2D eigenvalue weighted by molar-refractivity contribution is 7.89. The van der Waals surface area contributed by atoms with E-state index in [2.05, 4.69) is 10.4 Å². The average molecular weight is 376 g/mol. The van der Waals surface area contributed by atoms with Crippen LogP contribution in [0.3, 0.4) is 0 Å². The number of benzene rings is 1. The van der Waals surface area contributed by atoms with E-state index in [9.17, 15) is 13.2 Å². The summed E-state index contributed by atoms with van der Waals surface area (Å²) in [6.45, 7) is 1.19. The van der Waals surface area contributed by atoms with Gasteiger partial charge in [-0.3, -0.25) is 0 Å². The first-order valence-corrected chi connectivity index (χ1v) is 10.00. The van der Waals surface area contributed by atoms with E-state index in [4.69, 9.17) is 4.74 Å². The molecule has 0 radical (unpaired) electrons. The second kappa shape index (κ2) is 6.40. The van der Waals surface area contributed by atoms with Crippen molar-refractivity contribution in [2.24, 2.45) is 0 Å². The number of rotatable bonds is 3. The fourth-order valence-electron chi connectivity index (χ4n) is 3.51. The summed E-state index contributed by atoms with van der Waals surface area (Å²) in [5, 5.41) is 6.81. The Balaban J connectivity index is 1.52. The fraction of sp³-hybridized carbons (Fsp3) is 0.412. The molecule has 2 aromatic rings. The topological polar surface area (TPSA) is 93.5 Å². The van der Waals surface area contributed by atoms with Gasteiger partial charge in [-0.1, -0.05) is 0 Å². The third-order valence-corrected chi connectivity index (χ3v) is 6.88. The Labute approximate surface area is 151 Å². The Kier molecular flexibility index (Phi) is 4.20. The van der Waals surface area contributed by atoms with Crippen molar-refractivity contribution in [3.8, 4) is 5.69 Å². The minimum Gasteiger partial charge on any atom is -0.441 e. The van der Waals surface area contributed by atoms with E-state index in [0.29, 0.717) is 38.9 Å². The maximum Gasteiger partial charge on any atom is 0.407 e. The molecule has 1 N–H and O–H groups in total. The van der Waals surface area contributed by atoms with Crippen LogP contribution >= 0.6 is 0 Å². The molecule has 138 valence electrons. The molecule has 0 saturated carbocycles. The van der Waals surface area contributed by atoms with Gasteiger partial charge in [-0.25, -0.2) is 17.9 Å². The van der Waals surface area contributed by atoms with Gasteiger partial charge in [0, 0.05) is 31.9 Å². The summed E-state index contributed by atoms with van der Waals surface area (Å²) in [5.41, 5.74) is 0.221. The summed E-state index contributed by atoms with van der Waals surface area (Å²) in [6.07, 6.45) is 4.86. The van der Waals surface area contributed by atoms with Crippen LogP contribution in [0.4, 0.5) is 4.79 Å². The fourth-order valence-corrected chi connectivity index (χ4v) is 4.98. The van der Waals surface area contributed by atoms with Crippen LogP contribution < -0.4 is 5.32 Å². The van der Waals surface area contributed by atoms with Gasteiger partial charge in [-0.2, -0.15) is 9.40 Å². The van der Waals surface area contributed by atoms with Crippen LogP contribution in [0.1, 0.15) is 19.3 Å². The lowest BCUT2D eigenvalue weighted by atomic mass is 9.95. The molecule has 1 atom stereocenters. The number of ether oxygens (including phenoxy) is 1. The summed E-state index contributed by atoms with van der Waals surface area (Å²) in [6, 6.07) is 8.49. The number of alkyl carbamates (subject to hydrolysis) is 1. The molecule has 0 aliphatic carbocycles. The molecule has 0 unspecified atom stereocenters. The van der Waals surface area contributed by atoms with E-state index in [1.54, 1.807) is 41.3 Å². The lowest BCUT2D eigenvalue weighted by molar-refractivity contribution is 0.0460. The van der Waals surface area contributed by atoms with Crippen LogP contribution in [0, 0.1) is 0 Å². The zero-order valence-corrected chi connectivity index (χ0v) is 15.0. The number of sulfonamides is 1. The third kappa shape index (κ3) is 3.08. The van der Waals surface area contributed by atoms with Crippen LogP contribution in [0.2, 0.25) is 0 Å². The quantitative estimate of drug-likeness (QED) is 0.877. The Bertz CT molecular complexity index is 895. The Morgan fingerprint density at radius 3 is 2.62 bits per heavy atom. The first-order chi connectivity index (χ1) is 12.5. The van der Waals surface area contributed by atoms with Gasteiger partial charge in [0.1, 0.15) is 5.60 Å². The molecule has 2 aliphatic rings. The zero-order chi connectivity index (χ0) is 18.2. The number of aromatic nitrogens is 2. The first-order valence-electron chi connectivity index (χ1n) is 8.56. The minimum atomic E-state index is -3.59. The lowest BCUT2D eigenvalue weighted by Gasteiger charge is -2.24. The Morgan fingerprint density at radius 1 is 1.15 bits per heavy atom. The number of carbonyl (C=O) groups excluding carboxylic acids is 1. The van der Waals surface area contributed by atoms with Crippen LogP contribution in [0.25, 0.3) is 5.69 Å². The largest absolute Gasteiger partial charge is 0.441 e. The van der Waals surface area contributed by atoms with Crippen molar-refractivity contribution in [2.45, 2.75) is 29.8 Å². The molecule has 1 spiro atoms. The van der Waals surface area contributed by atoms with Crippen molar-refractivity contribution in [3.05, 3.63) is 42.7 Å². The number of hydrogen-bond acceptors (Lipinski definition) is 5. The molecule has 26 heavy (non-hydrogen) atoms. The normalized spacial score (nSPS) is 24.2. The van der Waals surface area contributed by atoms with Gasteiger partial charge in [0.2, 0.25) is 10.0 Å².